The lowest BCUT2D eigenvalue weighted by atomic mass is 10.2. The number of piperazine rings is 1. The number of nitrogens with zero attached hydrogens (tertiary/aromatic N) is 3. The van der Waals surface area contributed by atoms with Crippen LogP contribution in [0.4, 0.5) is 5.69 Å². The maximum Gasteiger partial charge on any atom is 0.269 e. The quantitative estimate of drug-likeness (QED) is 0.906. The van der Waals surface area contributed by atoms with Gasteiger partial charge >= 0.3 is 0 Å². The van der Waals surface area contributed by atoms with Gasteiger partial charge in [-0.15, -0.1) is 0 Å². The number of rotatable bonds is 4. The molecule has 2 rings (SSSR count). The maximum atomic E-state index is 11.9. The van der Waals surface area contributed by atoms with E-state index in [-0.39, 0.29) is 11.8 Å². The first-order valence-electron chi connectivity index (χ1n) is 7.72. The number of carbonyl (C=O) groups excluding carboxylic acids is 2. The van der Waals surface area contributed by atoms with Crippen molar-refractivity contribution >= 4 is 17.5 Å². The van der Waals surface area contributed by atoms with Crippen molar-refractivity contribution in [2.75, 3.05) is 37.6 Å². The van der Waals surface area contributed by atoms with Crippen LogP contribution >= 0.6 is 0 Å². The topological polar surface area (TPSA) is 65.5 Å². The molecule has 2 heterocycles. The van der Waals surface area contributed by atoms with E-state index in [4.69, 9.17) is 0 Å². The summed E-state index contributed by atoms with van der Waals surface area (Å²) in [5.41, 5.74) is 1.43. The van der Waals surface area contributed by atoms with Crippen LogP contribution in [0.3, 0.4) is 0 Å². The third kappa shape index (κ3) is 4.19. The van der Waals surface area contributed by atoms with E-state index >= 15 is 0 Å². The summed E-state index contributed by atoms with van der Waals surface area (Å²) in [6, 6.07) is 3.67. The molecule has 0 spiro atoms. The zero-order valence-corrected chi connectivity index (χ0v) is 13.5. The van der Waals surface area contributed by atoms with Gasteiger partial charge in [-0.1, -0.05) is 13.8 Å². The molecule has 0 radical (unpaired) electrons. The van der Waals surface area contributed by atoms with Crippen molar-refractivity contribution in [1.29, 1.82) is 0 Å². The predicted octanol–water partition coefficient (Wildman–Crippen LogP) is 1.14. The van der Waals surface area contributed by atoms with Crippen molar-refractivity contribution in [1.82, 2.24) is 15.2 Å². The Morgan fingerprint density at radius 1 is 1.23 bits per heavy atom. The van der Waals surface area contributed by atoms with Gasteiger partial charge in [-0.2, -0.15) is 0 Å². The largest absolute Gasteiger partial charge is 0.367 e. The Morgan fingerprint density at radius 3 is 2.41 bits per heavy atom. The normalized spacial score (nSPS) is 15.1. The van der Waals surface area contributed by atoms with E-state index in [0.717, 1.165) is 31.9 Å². The zero-order valence-electron chi connectivity index (χ0n) is 13.5. The molecule has 0 aromatic carbocycles. The Hall–Kier alpha value is -2.11. The molecule has 1 aliphatic heterocycles. The van der Waals surface area contributed by atoms with Crippen molar-refractivity contribution in [3.63, 3.8) is 0 Å². The number of aromatic nitrogens is 1. The van der Waals surface area contributed by atoms with Gasteiger partial charge in [-0.25, -0.2) is 4.98 Å². The van der Waals surface area contributed by atoms with Crippen LogP contribution in [0, 0.1) is 5.92 Å². The Balaban J connectivity index is 1.92. The lowest BCUT2D eigenvalue weighted by Crippen LogP contribution is -2.48. The minimum absolute atomic E-state index is 0.120. The molecule has 0 saturated carbocycles. The second kappa shape index (κ2) is 7.24. The average Bonchev–Trinajstić information content (AvgIpc) is 2.53. The summed E-state index contributed by atoms with van der Waals surface area (Å²) in [6.07, 6.45) is 1.73. The van der Waals surface area contributed by atoms with Crippen molar-refractivity contribution in [3.05, 3.63) is 24.0 Å². The van der Waals surface area contributed by atoms with E-state index in [1.807, 2.05) is 11.0 Å². The van der Waals surface area contributed by atoms with Crippen LogP contribution in [0.1, 0.15) is 31.3 Å². The molecule has 1 aliphatic rings. The first-order valence-corrected chi connectivity index (χ1v) is 7.72. The number of anilines is 1. The third-order valence-electron chi connectivity index (χ3n) is 3.74. The van der Waals surface area contributed by atoms with Gasteiger partial charge < -0.3 is 15.1 Å². The van der Waals surface area contributed by atoms with E-state index in [9.17, 15) is 9.59 Å². The molecule has 1 fully saturated rings. The number of pyridine rings is 1. The first kappa shape index (κ1) is 16.3. The fourth-order valence-electron chi connectivity index (χ4n) is 2.37. The van der Waals surface area contributed by atoms with Crippen molar-refractivity contribution in [2.45, 2.75) is 20.8 Å². The van der Waals surface area contributed by atoms with Gasteiger partial charge in [-0.05, 0) is 18.1 Å². The van der Waals surface area contributed by atoms with Gasteiger partial charge in [0.2, 0.25) is 5.91 Å². The minimum atomic E-state index is -0.137. The summed E-state index contributed by atoms with van der Waals surface area (Å²) in [6.45, 7) is 9.39. The Bertz CT molecular complexity index is 519. The van der Waals surface area contributed by atoms with Crippen LogP contribution in [0.5, 0.6) is 0 Å². The van der Waals surface area contributed by atoms with Gasteiger partial charge in [0, 0.05) is 39.6 Å². The molecule has 0 atom stereocenters. The molecular formula is C16H24N4O2. The summed E-state index contributed by atoms with van der Waals surface area (Å²) in [7, 11) is 0. The molecule has 1 aromatic rings. The van der Waals surface area contributed by atoms with Gasteiger partial charge in [-0.3, -0.25) is 9.59 Å². The number of hydrogen-bond donors (Lipinski definition) is 1. The summed E-state index contributed by atoms with van der Waals surface area (Å²) < 4.78 is 0. The molecule has 6 heteroatoms. The second-order valence-corrected chi connectivity index (χ2v) is 6.00. The highest BCUT2D eigenvalue weighted by molar-refractivity contribution is 5.92. The zero-order chi connectivity index (χ0) is 16.1. The average molecular weight is 304 g/mol. The molecular weight excluding hydrogens is 280 g/mol. The Labute approximate surface area is 131 Å². The predicted molar refractivity (Wildman–Crippen MR) is 85.9 cm³/mol. The summed E-state index contributed by atoms with van der Waals surface area (Å²) in [4.78, 5) is 31.5. The monoisotopic (exact) mass is 304 g/mol. The highest BCUT2D eigenvalue weighted by Gasteiger charge is 2.19. The molecule has 0 bridgehead atoms. The Morgan fingerprint density at radius 2 is 1.91 bits per heavy atom. The standard InChI is InChI=1S/C16H24N4O2/c1-12(2)10-18-16(22)15-5-4-14(11-17-15)20-8-6-19(7-9-20)13(3)21/h4-5,11-12H,6-10H2,1-3H3,(H,18,22). The fourth-order valence-corrected chi connectivity index (χ4v) is 2.37. The lowest BCUT2D eigenvalue weighted by Gasteiger charge is -2.35. The fraction of sp³-hybridized carbons (Fsp3) is 0.562. The second-order valence-electron chi connectivity index (χ2n) is 6.00. The SMILES string of the molecule is CC(=O)N1CCN(c2ccc(C(=O)NCC(C)C)nc2)CC1. The molecule has 22 heavy (non-hydrogen) atoms. The molecule has 0 unspecified atom stereocenters. The van der Waals surface area contributed by atoms with Crippen LogP contribution in [-0.4, -0.2) is 54.4 Å². The van der Waals surface area contributed by atoms with Crippen molar-refractivity contribution in [2.24, 2.45) is 5.92 Å². The molecule has 1 aromatic heterocycles. The van der Waals surface area contributed by atoms with E-state index in [2.05, 4.69) is 29.0 Å². The minimum Gasteiger partial charge on any atom is -0.367 e. The van der Waals surface area contributed by atoms with Gasteiger partial charge in [0.15, 0.2) is 0 Å². The van der Waals surface area contributed by atoms with E-state index in [0.29, 0.717) is 18.2 Å². The van der Waals surface area contributed by atoms with Crippen LogP contribution < -0.4 is 10.2 Å². The summed E-state index contributed by atoms with van der Waals surface area (Å²) in [5.74, 6) is 0.400. The van der Waals surface area contributed by atoms with Crippen LogP contribution in [0.15, 0.2) is 18.3 Å². The third-order valence-corrected chi connectivity index (χ3v) is 3.74. The molecule has 1 N–H and O–H groups in total. The van der Waals surface area contributed by atoms with E-state index in [1.165, 1.54) is 0 Å². The molecule has 6 nitrogen and oxygen atoms in total. The van der Waals surface area contributed by atoms with E-state index < -0.39 is 0 Å². The molecule has 120 valence electrons. The smallest absolute Gasteiger partial charge is 0.269 e. The molecule has 1 saturated heterocycles. The van der Waals surface area contributed by atoms with Gasteiger partial charge in [0.25, 0.3) is 5.91 Å². The number of nitrogens with one attached hydrogen (secondary N) is 1. The summed E-state index contributed by atoms with van der Waals surface area (Å²) >= 11 is 0. The van der Waals surface area contributed by atoms with Crippen molar-refractivity contribution < 1.29 is 9.59 Å². The molecule has 0 aliphatic carbocycles. The number of hydrogen-bond acceptors (Lipinski definition) is 4. The summed E-state index contributed by atoms with van der Waals surface area (Å²) in [5, 5.41) is 2.86. The maximum absolute atomic E-state index is 11.9. The molecule has 2 amide bonds. The van der Waals surface area contributed by atoms with E-state index in [1.54, 1.807) is 19.2 Å². The lowest BCUT2D eigenvalue weighted by molar-refractivity contribution is -0.129. The van der Waals surface area contributed by atoms with Gasteiger partial charge in [0.05, 0.1) is 11.9 Å². The van der Waals surface area contributed by atoms with Crippen LogP contribution in [0.2, 0.25) is 0 Å². The van der Waals surface area contributed by atoms with Crippen molar-refractivity contribution in [3.8, 4) is 0 Å². The van der Waals surface area contributed by atoms with Crippen LogP contribution in [-0.2, 0) is 4.79 Å². The highest BCUT2D eigenvalue weighted by atomic mass is 16.2. The highest BCUT2D eigenvalue weighted by Crippen LogP contribution is 2.15. The number of carbonyl (C=O) groups is 2. The van der Waals surface area contributed by atoms with Crippen LogP contribution in [0.25, 0.3) is 0 Å². The Kier molecular flexibility index (Phi) is 5.35. The van der Waals surface area contributed by atoms with Gasteiger partial charge in [0.1, 0.15) is 5.69 Å². The first-order chi connectivity index (χ1) is 10.5. The number of amides is 2.